The molecule has 4 unspecified atom stereocenters. The second kappa shape index (κ2) is 12.1. The molecule has 31 heavy (non-hydrogen) atoms. The minimum Gasteiger partial charge on any atom is -0.481 e. The number of aliphatic carboxylic acids is 2. The van der Waals surface area contributed by atoms with Gasteiger partial charge in [-0.25, -0.2) is 4.79 Å². The Morgan fingerprint density at radius 1 is 1.06 bits per heavy atom. The quantitative estimate of drug-likeness (QED) is 0.147. The Morgan fingerprint density at radius 2 is 1.68 bits per heavy atom. The first-order valence-corrected chi connectivity index (χ1v) is 10.1. The summed E-state index contributed by atoms with van der Waals surface area (Å²) in [4.78, 5) is 71.8. The molecule has 1 heterocycles. The average molecular weight is 461 g/mol. The first-order chi connectivity index (χ1) is 14.5. The SMILES string of the molecule is NC(=O)CC(NC(=O)C(CS)NC(=O)C(N)CCC(=O)O)C(=O)N1CCCC1C(=O)O. The summed E-state index contributed by atoms with van der Waals surface area (Å²) in [5, 5.41) is 22.5. The van der Waals surface area contributed by atoms with Crippen LogP contribution in [0.3, 0.4) is 0 Å². The summed E-state index contributed by atoms with van der Waals surface area (Å²) in [6, 6.07) is -4.93. The summed E-state index contributed by atoms with van der Waals surface area (Å²) >= 11 is 3.98. The predicted molar refractivity (Wildman–Crippen MR) is 109 cm³/mol. The maximum atomic E-state index is 12.8. The van der Waals surface area contributed by atoms with Crippen LogP contribution >= 0.6 is 12.6 Å². The maximum absolute atomic E-state index is 12.8. The van der Waals surface area contributed by atoms with Crippen molar-refractivity contribution in [3.63, 3.8) is 0 Å². The second-order valence-electron chi connectivity index (χ2n) is 7.04. The van der Waals surface area contributed by atoms with Gasteiger partial charge in [0.1, 0.15) is 18.1 Å². The van der Waals surface area contributed by atoms with Gasteiger partial charge >= 0.3 is 11.9 Å². The number of nitrogens with two attached hydrogens (primary N) is 2. The molecule has 8 N–H and O–H groups in total. The number of thiol groups is 1. The molecule has 1 aliphatic heterocycles. The molecule has 0 bridgehead atoms. The predicted octanol–water partition coefficient (Wildman–Crippen LogP) is -2.97. The monoisotopic (exact) mass is 461 g/mol. The van der Waals surface area contributed by atoms with E-state index in [1.165, 1.54) is 0 Å². The van der Waals surface area contributed by atoms with Crippen molar-refractivity contribution in [1.29, 1.82) is 0 Å². The highest BCUT2D eigenvalue weighted by atomic mass is 32.1. The van der Waals surface area contributed by atoms with Crippen molar-refractivity contribution in [3.05, 3.63) is 0 Å². The molecule has 1 fully saturated rings. The van der Waals surface area contributed by atoms with Crippen molar-refractivity contribution in [2.75, 3.05) is 12.3 Å². The van der Waals surface area contributed by atoms with Gasteiger partial charge < -0.3 is 37.2 Å². The van der Waals surface area contributed by atoms with Gasteiger partial charge in [-0.05, 0) is 19.3 Å². The van der Waals surface area contributed by atoms with Gasteiger partial charge in [0, 0.05) is 18.7 Å². The topological polar surface area (TPSA) is 222 Å². The van der Waals surface area contributed by atoms with Crippen molar-refractivity contribution in [3.8, 4) is 0 Å². The van der Waals surface area contributed by atoms with Crippen molar-refractivity contribution >= 4 is 48.2 Å². The van der Waals surface area contributed by atoms with Crippen molar-refractivity contribution in [1.82, 2.24) is 15.5 Å². The van der Waals surface area contributed by atoms with E-state index in [4.69, 9.17) is 16.6 Å². The van der Waals surface area contributed by atoms with Crippen molar-refractivity contribution in [2.45, 2.75) is 56.3 Å². The third-order valence-electron chi connectivity index (χ3n) is 4.66. The van der Waals surface area contributed by atoms with Crippen LogP contribution in [0.2, 0.25) is 0 Å². The lowest BCUT2D eigenvalue weighted by Gasteiger charge is -2.28. The van der Waals surface area contributed by atoms with Crippen LogP contribution in [0.25, 0.3) is 0 Å². The second-order valence-corrected chi connectivity index (χ2v) is 7.41. The molecule has 0 aromatic rings. The molecule has 0 saturated carbocycles. The molecule has 174 valence electrons. The van der Waals surface area contributed by atoms with E-state index in [2.05, 4.69) is 23.3 Å². The van der Waals surface area contributed by atoms with Crippen LogP contribution in [-0.2, 0) is 28.8 Å². The molecule has 0 radical (unpaired) electrons. The van der Waals surface area contributed by atoms with Crippen LogP contribution in [-0.4, -0.2) is 87.1 Å². The molecule has 1 rings (SSSR count). The minimum absolute atomic E-state index is 0.145. The van der Waals surface area contributed by atoms with Gasteiger partial charge in [-0.15, -0.1) is 0 Å². The number of hydrogen-bond donors (Lipinski definition) is 7. The zero-order valence-corrected chi connectivity index (χ0v) is 17.5. The molecule has 4 atom stereocenters. The Bertz CT molecular complexity index is 733. The molecule has 0 aromatic carbocycles. The van der Waals surface area contributed by atoms with Crippen LogP contribution in [0, 0.1) is 0 Å². The van der Waals surface area contributed by atoms with Gasteiger partial charge in [0.15, 0.2) is 0 Å². The Labute approximate surface area is 183 Å². The van der Waals surface area contributed by atoms with Gasteiger partial charge in [0.2, 0.25) is 23.6 Å². The molecule has 0 aromatic heterocycles. The van der Waals surface area contributed by atoms with Crippen LogP contribution in [0.15, 0.2) is 0 Å². The molecule has 4 amide bonds. The number of nitrogens with one attached hydrogen (secondary N) is 2. The van der Waals surface area contributed by atoms with Crippen LogP contribution in [0.4, 0.5) is 0 Å². The number of carbonyl (C=O) groups is 6. The Morgan fingerprint density at radius 3 is 2.19 bits per heavy atom. The van der Waals surface area contributed by atoms with Crippen molar-refractivity contribution < 1.29 is 39.0 Å². The number of primary amides is 1. The van der Waals surface area contributed by atoms with E-state index in [1.807, 2.05) is 0 Å². The molecule has 13 nitrogen and oxygen atoms in total. The Kier molecular flexibility index (Phi) is 10.2. The van der Waals surface area contributed by atoms with E-state index < -0.39 is 66.2 Å². The number of carboxylic acids is 2. The van der Waals surface area contributed by atoms with Gasteiger partial charge in [-0.1, -0.05) is 0 Å². The summed E-state index contributed by atoms with van der Waals surface area (Å²) < 4.78 is 0. The van der Waals surface area contributed by atoms with Gasteiger partial charge in [0.05, 0.1) is 12.5 Å². The maximum Gasteiger partial charge on any atom is 0.326 e. The number of hydrogen-bond acceptors (Lipinski definition) is 8. The fourth-order valence-electron chi connectivity index (χ4n) is 3.04. The molecule has 0 spiro atoms. The van der Waals surface area contributed by atoms with E-state index >= 15 is 0 Å². The average Bonchev–Trinajstić information content (AvgIpc) is 3.18. The summed E-state index contributed by atoms with van der Waals surface area (Å²) in [7, 11) is 0. The van der Waals surface area contributed by atoms with Gasteiger partial charge in [-0.2, -0.15) is 12.6 Å². The van der Waals surface area contributed by atoms with E-state index in [0.29, 0.717) is 6.42 Å². The molecular formula is C17H27N5O8S. The minimum atomic E-state index is -1.43. The smallest absolute Gasteiger partial charge is 0.326 e. The van der Waals surface area contributed by atoms with Crippen LogP contribution in [0.1, 0.15) is 32.1 Å². The van der Waals surface area contributed by atoms with Gasteiger partial charge in [0.25, 0.3) is 0 Å². The molecular weight excluding hydrogens is 434 g/mol. The molecule has 0 aliphatic carbocycles. The van der Waals surface area contributed by atoms with Crippen LogP contribution < -0.4 is 22.1 Å². The Hall–Kier alpha value is -2.87. The third kappa shape index (κ3) is 8.05. The zero-order chi connectivity index (χ0) is 23.7. The van der Waals surface area contributed by atoms with E-state index in [0.717, 1.165) is 4.90 Å². The summed E-state index contributed by atoms with van der Waals surface area (Å²) in [5.41, 5.74) is 10.8. The zero-order valence-electron chi connectivity index (χ0n) is 16.7. The number of nitrogens with zero attached hydrogens (tertiary/aromatic N) is 1. The number of carboxylic acid groups (broad SMARTS) is 2. The number of carbonyl (C=O) groups excluding carboxylic acids is 4. The normalized spacial score (nSPS) is 18.5. The molecule has 14 heteroatoms. The highest BCUT2D eigenvalue weighted by Gasteiger charge is 2.38. The highest BCUT2D eigenvalue weighted by Crippen LogP contribution is 2.19. The third-order valence-corrected chi connectivity index (χ3v) is 5.03. The lowest BCUT2D eigenvalue weighted by molar-refractivity contribution is -0.149. The van der Waals surface area contributed by atoms with E-state index in [1.54, 1.807) is 0 Å². The number of likely N-dealkylation sites (tertiary alicyclic amines) is 1. The number of rotatable bonds is 12. The Balaban J connectivity index is 2.85. The first-order valence-electron chi connectivity index (χ1n) is 9.48. The standard InChI is InChI=1S/C17H27N5O8S/c18-8(3-4-13(24)25)14(26)21-10(7-31)15(27)20-9(6-12(19)23)16(28)22-5-1-2-11(22)17(29)30/h8-11,31H,1-7,18H2,(H2,19,23)(H,20,27)(H,21,26)(H,24,25)(H,29,30). The van der Waals surface area contributed by atoms with Gasteiger partial charge in [-0.3, -0.25) is 24.0 Å². The summed E-state index contributed by atoms with van der Waals surface area (Å²) in [6.07, 6.45) is -0.386. The fraction of sp³-hybridized carbons (Fsp3) is 0.647. The highest BCUT2D eigenvalue weighted by molar-refractivity contribution is 7.80. The van der Waals surface area contributed by atoms with Crippen LogP contribution in [0.5, 0.6) is 0 Å². The molecule has 1 aliphatic rings. The van der Waals surface area contributed by atoms with E-state index in [9.17, 15) is 33.9 Å². The largest absolute Gasteiger partial charge is 0.481 e. The summed E-state index contributed by atoms with van der Waals surface area (Å²) in [5.74, 6) is -5.86. The molecule has 1 saturated heterocycles. The lowest BCUT2D eigenvalue weighted by atomic mass is 10.1. The lowest BCUT2D eigenvalue weighted by Crippen LogP contribution is -2.58. The first kappa shape index (κ1) is 26.2. The fourth-order valence-corrected chi connectivity index (χ4v) is 3.30. The van der Waals surface area contributed by atoms with Crippen molar-refractivity contribution in [2.24, 2.45) is 11.5 Å². The summed E-state index contributed by atoms with van der Waals surface area (Å²) in [6.45, 7) is 0.145. The van der Waals surface area contributed by atoms with E-state index in [-0.39, 0.29) is 31.6 Å². The number of amides is 4.